The van der Waals surface area contributed by atoms with Gasteiger partial charge in [0.25, 0.3) is 0 Å². The lowest BCUT2D eigenvalue weighted by Crippen LogP contribution is -2.16. The van der Waals surface area contributed by atoms with E-state index < -0.39 is 0 Å². The molecule has 0 fully saturated rings. The first-order valence-corrected chi connectivity index (χ1v) is 8.82. The molecule has 6 heteroatoms. The lowest BCUT2D eigenvalue weighted by Gasteiger charge is -2.20. The number of nitrogens with zero attached hydrogens (tertiary/aromatic N) is 2. The van der Waals surface area contributed by atoms with Crippen molar-refractivity contribution in [2.75, 3.05) is 10.6 Å². The number of para-hydroxylation sites is 2. The zero-order valence-electron chi connectivity index (χ0n) is 15.2. The Morgan fingerprint density at radius 1 is 0.964 bits per heavy atom. The van der Waals surface area contributed by atoms with Crippen LogP contribution in [0.15, 0.2) is 83.9 Å². The Morgan fingerprint density at radius 2 is 1.64 bits per heavy atom. The zero-order chi connectivity index (χ0) is 19.5. The summed E-state index contributed by atoms with van der Waals surface area (Å²) in [6.07, 6.45) is 3.07. The molecule has 138 valence electrons. The third-order valence-electron chi connectivity index (χ3n) is 4.29. The van der Waals surface area contributed by atoms with Crippen molar-refractivity contribution >= 4 is 34.0 Å². The van der Waals surface area contributed by atoms with Crippen LogP contribution in [0.25, 0.3) is 16.6 Å². The molecular weight excluding hydrogens is 352 g/mol. The van der Waals surface area contributed by atoms with Crippen LogP contribution in [-0.4, -0.2) is 15.5 Å². The third kappa shape index (κ3) is 3.35. The fourth-order valence-corrected chi connectivity index (χ4v) is 3.15. The maximum atomic E-state index is 12.8. The molecule has 1 amide bonds. The second-order valence-corrected chi connectivity index (χ2v) is 6.32. The van der Waals surface area contributed by atoms with Gasteiger partial charge in [-0.05, 0) is 24.3 Å². The average molecular weight is 370 g/mol. The number of benzene rings is 2. The minimum atomic E-state index is -0.234. The lowest BCUT2D eigenvalue weighted by atomic mass is 10.2. The van der Waals surface area contributed by atoms with Crippen LogP contribution in [0.5, 0.6) is 0 Å². The molecule has 0 radical (unpaired) electrons. The summed E-state index contributed by atoms with van der Waals surface area (Å²) in [6.45, 7) is 1.43. The number of aromatic nitrogens is 2. The van der Waals surface area contributed by atoms with E-state index >= 15 is 0 Å². The molecule has 0 aliphatic rings. The van der Waals surface area contributed by atoms with Gasteiger partial charge in [0.15, 0.2) is 5.43 Å². The summed E-state index contributed by atoms with van der Waals surface area (Å²) < 4.78 is 1.91. The van der Waals surface area contributed by atoms with Crippen molar-refractivity contribution in [3.05, 3.63) is 89.3 Å². The fraction of sp³-hybridized carbons (Fsp3) is 0.0455. The van der Waals surface area contributed by atoms with Crippen molar-refractivity contribution in [2.45, 2.75) is 6.92 Å². The van der Waals surface area contributed by atoms with E-state index in [0.717, 1.165) is 11.4 Å². The second kappa shape index (κ2) is 7.36. The standard InChI is InChI=1S/C22H18N4O2/c1-15(27)24-19-14-23-13-18-20(28)12-21(25-16-8-4-2-5-9-16)26(22(18)19)17-10-6-3-7-11-17/h2-14,25H,1H3,(H,24,27). The second-order valence-electron chi connectivity index (χ2n) is 6.32. The van der Waals surface area contributed by atoms with E-state index in [1.165, 1.54) is 13.1 Å². The largest absolute Gasteiger partial charge is 0.341 e. The van der Waals surface area contributed by atoms with Gasteiger partial charge in [-0.1, -0.05) is 36.4 Å². The van der Waals surface area contributed by atoms with Gasteiger partial charge >= 0.3 is 0 Å². The van der Waals surface area contributed by atoms with Gasteiger partial charge in [-0.15, -0.1) is 0 Å². The van der Waals surface area contributed by atoms with Crippen molar-refractivity contribution < 1.29 is 4.79 Å². The predicted molar refractivity (Wildman–Crippen MR) is 111 cm³/mol. The number of hydrogen-bond acceptors (Lipinski definition) is 4. The molecular formula is C22H18N4O2. The average Bonchev–Trinajstić information content (AvgIpc) is 2.70. The van der Waals surface area contributed by atoms with Crippen LogP contribution in [0, 0.1) is 0 Å². The first-order valence-electron chi connectivity index (χ1n) is 8.82. The maximum absolute atomic E-state index is 12.8. The van der Waals surface area contributed by atoms with Crippen LogP contribution in [0.2, 0.25) is 0 Å². The van der Waals surface area contributed by atoms with Crippen LogP contribution in [0.3, 0.4) is 0 Å². The van der Waals surface area contributed by atoms with Crippen LogP contribution in [-0.2, 0) is 4.79 Å². The lowest BCUT2D eigenvalue weighted by molar-refractivity contribution is -0.114. The van der Waals surface area contributed by atoms with Crippen LogP contribution in [0.4, 0.5) is 17.2 Å². The molecule has 0 saturated carbocycles. The van der Waals surface area contributed by atoms with Crippen molar-refractivity contribution in [1.29, 1.82) is 0 Å². The monoisotopic (exact) mass is 370 g/mol. The molecule has 0 spiro atoms. The maximum Gasteiger partial charge on any atom is 0.221 e. The van der Waals surface area contributed by atoms with Crippen molar-refractivity contribution in [1.82, 2.24) is 9.55 Å². The number of carbonyl (C=O) groups excluding carboxylic acids is 1. The molecule has 2 aromatic carbocycles. The number of carbonyl (C=O) groups is 1. The Balaban J connectivity index is 2.06. The topological polar surface area (TPSA) is 76.0 Å². The number of nitrogens with one attached hydrogen (secondary N) is 2. The number of hydrogen-bond donors (Lipinski definition) is 2. The van der Waals surface area contributed by atoms with E-state index in [1.807, 2.05) is 65.2 Å². The highest BCUT2D eigenvalue weighted by atomic mass is 16.1. The van der Waals surface area contributed by atoms with Crippen LogP contribution in [0.1, 0.15) is 6.92 Å². The normalized spacial score (nSPS) is 10.6. The summed E-state index contributed by atoms with van der Waals surface area (Å²) in [7, 11) is 0. The molecule has 0 atom stereocenters. The summed E-state index contributed by atoms with van der Waals surface area (Å²) in [5, 5.41) is 6.53. The van der Waals surface area contributed by atoms with Gasteiger partial charge in [-0.2, -0.15) is 0 Å². The number of rotatable bonds is 4. The Kier molecular flexibility index (Phi) is 4.60. The molecule has 0 unspecified atom stereocenters. The first-order chi connectivity index (χ1) is 13.6. The highest BCUT2D eigenvalue weighted by Gasteiger charge is 2.15. The summed E-state index contributed by atoms with van der Waals surface area (Å²) >= 11 is 0. The Bertz CT molecular complexity index is 1200. The molecule has 2 heterocycles. The molecule has 2 aromatic heterocycles. The number of pyridine rings is 2. The molecule has 0 saturated heterocycles. The van der Waals surface area contributed by atoms with Gasteiger partial charge < -0.3 is 10.6 Å². The SMILES string of the molecule is CC(=O)Nc1cncc2c(=O)cc(Nc3ccccc3)n(-c3ccccc3)c12. The van der Waals surface area contributed by atoms with E-state index in [4.69, 9.17) is 0 Å². The van der Waals surface area contributed by atoms with Crippen LogP contribution < -0.4 is 16.1 Å². The number of fused-ring (bicyclic) bond motifs is 1. The Labute approximate surface area is 161 Å². The van der Waals surface area contributed by atoms with Crippen molar-refractivity contribution in [3.8, 4) is 5.69 Å². The summed E-state index contributed by atoms with van der Waals surface area (Å²) in [4.78, 5) is 28.7. The van der Waals surface area contributed by atoms with E-state index in [1.54, 1.807) is 12.3 Å². The molecule has 2 N–H and O–H groups in total. The first kappa shape index (κ1) is 17.5. The zero-order valence-corrected chi connectivity index (χ0v) is 15.2. The Hall–Kier alpha value is -3.93. The minimum Gasteiger partial charge on any atom is -0.341 e. The predicted octanol–water partition coefficient (Wildman–Crippen LogP) is 4.09. The molecule has 0 aliphatic carbocycles. The summed E-state index contributed by atoms with van der Waals surface area (Å²) in [5.41, 5.74) is 2.58. The highest BCUT2D eigenvalue weighted by molar-refractivity contribution is 6.00. The minimum absolute atomic E-state index is 0.180. The van der Waals surface area contributed by atoms with E-state index in [9.17, 15) is 9.59 Å². The third-order valence-corrected chi connectivity index (χ3v) is 4.29. The molecule has 28 heavy (non-hydrogen) atoms. The van der Waals surface area contributed by atoms with Gasteiger partial charge in [-0.3, -0.25) is 19.1 Å². The van der Waals surface area contributed by atoms with Gasteiger partial charge in [0.05, 0.1) is 22.8 Å². The smallest absolute Gasteiger partial charge is 0.221 e. The van der Waals surface area contributed by atoms with Crippen molar-refractivity contribution in [2.24, 2.45) is 0 Å². The Morgan fingerprint density at radius 3 is 2.32 bits per heavy atom. The molecule has 4 aromatic rings. The van der Waals surface area contributed by atoms with E-state index in [2.05, 4.69) is 15.6 Å². The number of anilines is 3. The highest BCUT2D eigenvalue weighted by Crippen LogP contribution is 2.29. The molecule has 4 rings (SSSR count). The summed E-state index contributed by atoms with van der Waals surface area (Å²) in [5.74, 6) is 0.357. The van der Waals surface area contributed by atoms with Gasteiger partial charge in [0.2, 0.25) is 5.91 Å². The van der Waals surface area contributed by atoms with Crippen LogP contribution >= 0.6 is 0 Å². The molecule has 0 bridgehead atoms. The van der Waals surface area contributed by atoms with Gasteiger partial charge in [-0.25, -0.2) is 0 Å². The van der Waals surface area contributed by atoms with Crippen molar-refractivity contribution in [3.63, 3.8) is 0 Å². The van der Waals surface area contributed by atoms with Gasteiger partial charge in [0, 0.05) is 30.6 Å². The summed E-state index contributed by atoms with van der Waals surface area (Å²) in [6, 6.07) is 20.8. The van der Waals surface area contributed by atoms with Gasteiger partial charge in [0.1, 0.15) is 5.82 Å². The fourth-order valence-electron chi connectivity index (χ4n) is 3.15. The molecule has 6 nitrogen and oxygen atoms in total. The molecule has 0 aliphatic heterocycles. The number of amides is 1. The van der Waals surface area contributed by atoms with E-state index in [0.29, 0.717) is 22.4 Å². The van der Waals surface area contributed by atoms with E-state index in [-0.39, 0.29) is 11.3 Å². The quantitative estimate of drug-likeness (QED) is 0.567.